The van der Waals surface area contributed by atoms with Crippen LogP contribution in [0.4, 0.5) is 0 Å². The van der Waals surface area contributed by atoms with Crippen molar-refractivity contribution in [2.45, 2.75) is 6.42 Å². The summed E-state index contributed by atoms with van der Waals surface area (Å²) in [5, 5.41) is 0. The summed E-state index contributed by atoms with van der Waals surface area (Å²) in [7, 11) is 3.32. The summed E-state index contributed by atoms with van der Waals surface area (Å²) in [4.78, 5) is 14.0. The van der Waals surface area contributed by atoms with Crippen LogP contribution in [0.2, 0.25) is 0 Å². The summed E-state index contributed by atoms with van der Waals surface area (Å²) in [6, 6.07) is 0. The van der Waals surface area contributed by atoms with Crippen molar-refractivity contribution < 1.29 is 19.0 Å². The Bertz CT molecular complexity index is 544. The van der Waals surface area contributed by atoms with E-state index >= 15 is 0 Å². The van der Waals surface area contributed by atoms with Crippen LogP contribution in [0.1, 0.15) is 15.9 Å². The Morgan fingerprint density at radius 2 is 2.06 bits per heavy atom. The third-order valence-corrected chi connectivity index (χ3v) is 4.11. The van der Waals surface area contributed by atoms with Crippen LogP contribution in [0.3, 0.4) is 0 Å². The van der Waals surface area contributed by atoms with E-state index < -0.39 is 0 Å². The number of likely N-dealkylation sites (N-methyl/N-ethyl adjacent to an activating group) is 1. The maximum absolute atomic E-state index is 12.3. The Morgan fingerprint density at radius 3 is 2.78 bits per heavy atom. The molecule has 0 aliphatic carbocycles. The highest BCUT2D eigenvalue weighted by Crippen LogP contribution is 2.51. The van der Waals surface area contributed by atoms with Gasteiger partial charge in [0.2, 0.25) is 12.5 Å². The monoisotopic (exact) mass is 313 g/mol. The van der Waals surface area contributed by atoms with Gasteiger partial charge in [0.25, 0.3) is 5.91 Å². The molecule has 0 unspecified atom stereocenters. The average molecular weight is 314 g/mol. The number of carbonyl (C=O) groups excluding carboxylic acids is 1. The molecule has 0 N–H and O–H groups in total. The van der Waals surface area contributed by atoms with Crippen molar-refractivity contribution in [3.63, 3.8) is 0 Å². The molecule has 1 aromatic carbocycles. The molecule has 0 radical (unpaired) electrons. The average Bonchev–Trinajstić information content (AvgIpc) is 2.84. The zero-order valence-electron chi connectivity index (χ0n) is 10.1. The number of fused-ring (bicyclic) bond motifs is 2. The van der Waals surface area contributed by atoms with E-state index in [0.29, 0.717) is 29.4 Å². The fraction of sp³-hybridized carbons (Fsp3) is 0.417. The van der Waals surface area contributed by atoms with Crippen LogP contribution >= 0.6 is 15.9 Å². The van der Waals surface area contributed by atoms with Gasteiger partial charge >= 0.3 is 0 Å². The molecular formula is C12H12BrNO4. The van der Waals surface area contributed by atoms with Gasteiger partial charge in [0.05, 0.1) is 17.1 Å². The highest BCUT2D eigenvalue weighted by molar-refractivity contribution is 9.10. The zero-order valence-corrected chi connectivity index (χ0v) is 11.7. The normalized spacial score (nSPS) is 16.8. The number of hydrogen-bond donors (Lipinski definition) is 0. The first-order valence-corrected chi connectivity index (χ1v) is 6.37. The van der Waals surface area contributed by atoms with Crippen LogP contribution in [0.5, 0.6) is 17.2 Å². The second-order valence-corrected chi connectivity index (χ2v) is 5.04. The van der Waals surface area contributed by atoms with Gasteiger partial charge in [-0.25, -0.2) is 0 Å². The van der Waals surface area contributed by atoms with Gasteiger partial charge in [-0.15, -0.1) is 0 Å². The second kappa shape index (κ2) is 4.05. The Labute approximate surface area is 113 Å². The van der Waals surface area contributed by atoms with Crippen molar-refractivity contribution in [2.24, 2.45) is 0 Å². The van der Waals surface area contributed by atoms with Gasteiger partial charge in [-0.2, -0.15) is 0 Å². The van der Waals surface area contributed by atoms with Gasteiger partial charge < -0.3 is 19.1 Å². The third kappa shape index (κ3) is 1.41. The minimum absolute atomic E-state index is 0.0490. The summed E-state index contributed by atoms with van der Waals surface area (Å²) in [5.74, 6) is 1.55. The maximum Gasteiger partial charge on any atom is 0.257 e. The van der Waals surface area contributed by atoms with Gasteiger partial charge in [-0.05, 0) is 27.9 Å². The molecule has 6 heteroatoms. The van der Waals surface area contributed by atoms with Crippen LogP contribution < -0.4 is 14.2 Å². The van der Waals surface area contributed by atoms with Crippen LogP contribution in [0.15, 0.2) is 4.47 Å². The lowest BCUT2D eigenvalue weighted by molar-refractivity contribution is 0.0776. The summed E-state index contributed by atoms with van der Waals surface area (Å²) in [6.45, 7) is 0.838. The minimum atomic E-state index is -0.0490. The first-order valence-electron chi connectivity index (χ1n) is 5.58. The van der Waals surface area contributed by atoms with Crippen LogP contribution in [-0.4, -0.2) is 38.3 Å². The van der Waals surface area contributed by atoms with E-state index in [4.69, 9.17) is 14.2 Å². The molecule has 1 amide bonds. The summed E-state index contributed by atoms with van der Waals surface area (Å²) < 4.78 is 17.0. The third-order valence-electron chi connectivity index (χ3n) is 3.27. The number of nitrogens with zero attached hydrogens (tertiary/aromatic N) is 1. The Morgan fingerprint density at radius 1 is 1.33 bits per heavy atom. The molecule has 2 aliphatic rings. The quantitative estimate of drug-likeness (QED) is 0.793. The van der Waals surface area contributed by atoms with Crippen molar-refractivity contribution >= 4 is 21.8 Å². The lowest BCUT2D eigenvalue weighted by Crippen LogP contribution is -2.34. The van der Waals surface area contributed by atoms with E-state index in [2.05, 4.69) is 15.9 Å². The predicted molar refractivity (Wildman–Crippen MR) is 67.5 cm³/mol. The predicted octanol–water partition coefficient (Wildman–Crippen LogP) is 1.81. The van der Waals surface area contributed by atoms with Gasteiger partial charge in [-0.3, -0.25) is 4.79 Å². The number of hydrogen-bond acceptors (Lipinski definition) is 4. The molecule has 18 heavy (non-hydrogen) atoms. The number of halogens is 1. The first kappa shape index (κ1) is 11.6. The Balaban J connectivity index is 2.32. The maximum atomic E-state index is 12.3. The van der Waals surface area contributed by atoms with E-state index in [1.807, 2.05) is 0 Å². The summed E-state index contributed by atoms with van der Waals surface area (Å²) in [5.41, 5.74) is 1.50. The molecule has 0 atom stereocenters. The van der Waals surface area contributed by atoms with Gasteiger partial charge in [0, 0.05) is 13.6 Å². The molecule has 96 valence electrons. The van der Waals surface area contributed by atoms with E-state index in [-0.39, 0.29) is 12.7 Å². The van der Waals surface area contributed by atoms with Crippen LogP contribution in [-0.2, 0) is 6.42 Å². The number of ether oxygens (including phenoxy) is 3. The van der Waals surface area contributed by atoms with Crippen LogP contribution in [0.25, 0.3) is 0 Å². The number of rotatable bonds is 1. The molecule has 0 fully saturated rings. The fourth-order valence-corrected chi connectivity index (χ4v) is 3.03. The van der Waals surface area contributed by atoms with Gasteiger partial charge in [0.15, 0.2) is 11.5 Å². The second-order valence-electron chi connectivity index (χ2n) is 4.24. The molecule has 0 aromatic heterocycles. The fourth-order valence-electron chi connectivity index (χ4n) is 2.34. The molecule has 0 spiro atoms. The van der Waals surface area contributed by atoms with Gasteiger partial charge in [-0.1, -0.05) is 0 Å². The zero-order chi connectivity index (χ0) is 12.9. The summed E-state index contributed by atoms with van der Waals surface area (Å²) >= 11 is 3.50. The van der Waals surface area contributed by atoms with Crippen molar-refractivity contribution in [3.8, 4) is 17.2 Å². The molecule has 1 aromatic rings. The highest BCUT2D eigenvalue weighted by atomic mass is 79.9. The van der Waals surface area contributed by atoms with Crippen molar-refractivity contribution in [3.05, 3.63) is 15.6 Å². The van der Waals surface area contributed by atoms with E-state index in [1.165, 1.54) is 7.11 Å². The summed E-state index contributed by atoms with van der Waals surface area (Å²) in [6.07, 6.45) is 0.769. The van der Waals surface area contributed by atoms with Crippen molar-refractivity contribution in [2.75, 3.05) is 27.5 Å². The van der Waals surface area contributed by atoms with Crippen LogP contribution in [0, 0.1) is 0 Å². The number of benzene rings is 1. The lowest BCUT2D eigenvalue weighted by Gasteiger charge is -2.27. The van der Waals surface area contributed by atoms with Crippen molar-refractivity contribution in [1.29, 1.82) is 0 Å². The molecule has 2 aliphatic heterocycles. The standard InChI is InChI=1S/C12H12BrNO4/c1-14-4-3-6-7(12(14)15)9(16-2)11-10(8(6)13)17-5-18-11/h3-5H2,1-2H3. The molecule has 3 rings (SSSR count). The molecular weight excluding hydrogens is 302 g/mol. The van der Waals surface area contributed by atoms with E-state index in [0.717, 1.165) is 16.5 Å². The number of carbonyl (C=O) groups is 1. The van der Waals surface area contributed by atoms with Gasteiger partial charge in [0.1, 0.15) is 0 Å². The SMILES string of the molecule is COc1c2c(c(Br)c3c1C(=O)N(C)CC3)OCO2. The number of methoxy groups -OCH3 is 1. The number of amides is 1. The largest absolute Gasteiger partial charge is 0.492 e. The molecule has 0 bridgehead atoms. The molecule has 0 saturated carbocycles. The highest BCUT2D eigenvalue weighted by Gasteiger charge is 2.35. The minimum Gasteiger partial charge on any atom is -0.492 e. The Kier molecular flexibility index (Phi) is 2.62. The van der Waals surface area contributed by atoms with E-state index in [9.17, 15) is 4.79 Å². The Hall–Kier alpha value is -1.43. The smallest absolute Gasteiger partial charge is 0.257 e. The molecule has 5 nitrogen and oxygen atoms in total. The molecule has 2 heterocycles. The first-order chi connectivity index (χ1) is 8.65. The molecule has 0 saturated heterocycles. The van der Waals surface area contributed by atoms with Crippen molar-refractivity contribution in [1.82, 2.24) is 4.90 Å². The lowest BCUT2D eigenvalue weighted by atomic mass is 9.97. The van der Waals surface area contributed by atoms with E-state index in [1.54, 1.807) is 11.9 Å². The topological polar surface area (TPSA) is 48.0 Å².